The summed E-state index contributed by atoms with van der Waals surface area (Å²) in [5, 5.41) is 0. The average Bonchev–Trinajstić information content (AvgIpc) is 2.69. The van der Waals surface area contributed by atoms with Gasteiger partial charge >= 0.3 is 0 Å². The minimum atomic E-state index is -3.67. The van der Waals surface area contributed by atoms with Gasteiger partial charge in [0.1, 0.15) is 17.4 Å². The number of hydrogen-bond acceptors (Lipinski definition) is 6. The summed E-state index contributed by atoms with van der Waals surface area (Å²) in [6, 6.07) is 5.11. The highest BCUT2D eigenvalue weighted by Gasteiger charge is 2.20. The van der Waals surface area contributed by atoms with Gasteiger partial charge < -0.3 is 9.64 Å². The zero-order valence-corrected chi connectivity index (χ0v) is 16.8. The molecule has 2 heterocycles. The van der Waals surface area contributed by atoms with Crippen LogP contribution in [0.4, 0.5) is 5.82 Å². The molecule has 146 valence electrons. The van der Waals surface area contributed by atoms with E-state index in [9.17, 15) is 8.42 Å². The van der Waals surface area contributed by atoms with E-state index in [0.717, 1.165) is 37.3 Å². The monoisotopic (exact) mass is 390 g/mol. The van der Waals surface area contributed by atoms with Crippen molar-refractivity contribution in [3.63, 3.8) is 0 Å². The minimum absolute atomic E-state index is 0.0501. The number of anilines is 1. The fourth-order valence-corrected chi connectivity index (χ4v) is 4.57. The van der Waals surface area contributed by atoms with Crippen molar-refractivity contribution in [2.45, 2.75) is 44.6 Å². The normalized spacial score (nSPS) is 15.0. The molecule has 0 amide bonds. The summed E-state index contributed by atoms with van der Waals surface area (Å²) < 4.78 is 33.4. The summed E-state index contributed by atoms with van der Waals surface area (Å²) in [5.41, 5.74) is 1.48. The van der Waals surface area contributed by atoms with Crippen LogP contribution in [0.25, 0.3) is 0 Å². The molecule has 0 saturated carbocycles. The van der Waals surface area contributed by atoms with Crippen molar-refractivity contribution in [2.24, 2.45) is 0 Å². The van der Waals surface area contributed by atoms with Crippen molar-refractivity contribution in [3.8, 4) is 5.75 Å². The standard InChI is InChI=1S/C19H26N4O3S/c1-14-15(2)17(8-7-16(14)26-3)27(24,25)21-13-18-20-10-9-19(22-18)23-11-5-4-6-12-23/h7-10,21H,4-6,11-13H2,1-3H3. The van der Waals surface area contributed by atoms with Crippen molar-refractivity contribution in [1.29, 1.82) is 0 Å². The van der Waals surface area contributed by atoms with Crippen LogP contribution >= 0.6 is 0 Å². The Balaban J connectivity index is 1.75. The number of hydrogen-bond donors (Lipinski definition) is 1. The SMILES string of the molecule is COc1ccc(S(=O)(=O)NCc2nccc(N3CCCCC3)n2)c(C)c1C. The summed E-state index contributed by atoms with van der Waals surface area (Å²) in [6.07, 6.45) is 5.24. The number of methoxy groups -OCH3 is 1. The van der Waals surface area contributed by atoms with E-state index in [2.05, 4.69) is 19.6 Å². The molecule has 1 saturated heterocycles. The first-order valence-electron chi connectivity index (χ1n) is 9.13. The van der Waals surface area contributed by atoms with E-state index in [1.807, 2.05) is 13.0 Å². The van der Waals surface area contributed by atoms with E-state index in [1.165, 1.54) is 6.42 Å². The second-order valence-corrected chi connectivity index (χ2v) is 8.45. The number of sulfonamides is 1. The van der Waals surface area contributed by atoms with Gasteiger partial charge in [-0.1, -0.05) is 0 Å². The maximum atomic E-state index is 12.7. The van der Waals surface area contributed by atoms with Crippen LogP contribution in [0.1, 0.15) is 36.2 Å². The van der Waals surface area contributed by atoms with Gasteiger partial charge in [-0.2, -0.15) is 0 Å². The number of ether oxygens (including phenoxy) is 1. The third-order valence-electron chi connectivity index (χ3n) is 4.99. The molecule has 1 aliphatic rings. The van der Waals surface area contributed by atoms with Gasteiger partial charge in [-0.3, -0.25) is 0 Å². The largest absolute Gasteiger partial charge is 0.496 e. The number of benzene rings is 1. The van der Waals surface area contributed by atoms with E-state index in [1.54, 1.807) is 32.4 Å². The molecule has 1 fully saturated rings. The molecule has 8 heteroatoms. The molecule has 1 N–H and O–H groups in total. The molecule has 7 nitrogen and oxygen atoms in total. The van der Waals surface area contributed by atoms with Gasteiger partial charge in [0.2, 0.25) is 10.0 Å². The molecule has 0 spiro atoms. The van der Waals surface area contributed by atoms with Crippen molar-refractivity contribution in [1.82, 2.24) is 14.7 Å². The first-order valence-corrected chi connectivity index (χ1v) is 10.6. The molecule has 0 bridgehead atoms. The van der Waals surface area contributed by atoms with Gasteiger partial charge in [-0.05, 0) is 62.4 Å². The van der Waals surface area contributed by atoms with Crippen LogP contribution in [0.15, 0.2) is 29.3 Å². The van der Waals surface area contributed by atoms with Gasteiger partial charge in [0.25, 0.3) is 0 Å². The molecule has 0 radical (unpaired) electrons. The van der Waals surface area contributed by atoms with Gasteiger partial charge in [-0.15, -0.1) is 0 Å². The Morgan fingerprint density at radius 2 is 1.85 bits per heavy atom. The van der Waals surface area contributed by atoms with Crippen LogP contribution in [0, 0.1) is 13.8 Å². The number of aromatic nitrogens is 2. The third-order valence-corrected chi connectivity index (χ3v) is 6.53. The smallest absolute Gasteiger partial charge is 0.241 e. The van der Waals surface area contributed by atoms with Gasteiger partial charge in [-0.25, -0.2) is 23.1 Å². The predicted octanol–water partition coefficient (Wildman–Crippen LogP) is 2.57. The lowest BCUT2D eigenvalue weighted by Crippen LogP contribution is -2.31. The second kappa shape index (κ2) is 8.22. The highest BCUT2D eigenvalue weighted by molar-refractivity contribution is 7.89. The van der Waals surface area contributed by atoms with E-state index in [0.29, 0.717) is 17.1 Å². The molecule has 3 rings (SSSR count). The average molecular weight is 391 g/mol. The Morgan fingerprint density at radius 3 is 2.56 bits per heavy atom. The maximum Gasteiger partial charge on any atom is 0.241 e. The molecule has 2 aromatic rings. The number of rotatable bonds is 6. The Bertz CT molecular complexity index is 909. The molecule has 0 aliphatic carbocycles. The molecular formula is C19H26N4O3S. The maximum absolute atomic E-state index is 12.7. The van der Waals surface area contributed by atoms with Crippen LogP contribution in [0.3, 0.4) is 0 Å². The predicted molar refractivity (Wildman–Crippen MR) is 105 cm³/mol. The number of nitrogens with zero attached hydrogens (tertiary/aromatic N) is 3. The van der Waals surface area contributed by atoms with E-state index in [4.69, 9.17) is 4.74 Å². The quantitative estimate of drug-likeness (QED) is 0.816. The summed E-state index contributed by atoms with van der Waals surface area (Å²) >= 11 is 0. The second-order valence-electron chi connectivity index (χ2n) is 6.72. The van der Waals surface area contributed by atoms with Gasteiger partial charge in [0.05, 0.1) is 18.6 Å². The molecule has 0 unspecified atom stereocenters. The van der Waals surface area contributed by atoms with Crippen molar-refractivity contribution < 1.29 is 13.2 Å². The fourth-order valence-electron chi connectivity index (χ4n) is 3.29. The third kappa shape index (κ3) is 4.39. The summed E-state index contributed by atoms with van der Waals surface area (Å²) in [6.45, 7) is 5.63. The molecule has 1 aromatic heterocycles. The van der Waals surface area contributed by atoms with Gasteiger partial charge in [0, 0.05) is 19.3 Å². The van der Waals surface area contributed by atoms with E-state index < -0.39 is 10.0 Å². The number of piperidine rings is 1. The highest BCUT2D eigenvalue weighted by atomic mass is 32.2. The lowest BCUT2D eigenvalue weighted by molar-refractivity contribution is 0.410. The van der Waals surface area contributed by atoms with E-state index in [-0.39, 0.29) is 11.4 Å². The van der Waals surface area contributed by atoms with Crippen LogP contribution in [-0.2, 0) is 16.6 Å². The van der Waals surface area contributed by atoms with Crippen molar-refractivity contribution >= 4 is 15.8 Å². The topological polar surface area (TPSA) is 84.4 Å². The zero-order valence-electron chi connectivity index (χ0n) is 16.0. The number of nitrogens with one attached hydrogen (secondary N) is 1. The highest BCUT2D eigenvalue weighted by Crippen LogP contribution is 2.26. The first-order chi connectivity index (χ1) is 12.9. The Hall–Kier alpha value is -2.19. The van der Waals surface area contributed by atoms with Crippen molar-refractivity contribution in [3.05, 3.63) is 41.3 Å². The van der Waals surface area contributed by atoms with E-state index >= 15 is 0 Å². The van der Waals surface area contributed by atoms with Crippen LogP contribution < -0.4 is 14.4 Å². The Labute approximate surface area is 160 Å². The molecule has 27 heavy (non-hydrogen) atoms. The van der Waals surface area contributed by atoms with Crippen LogP contribution in [0.5, 0.6) is 5.75 Å². The fraction of sp³-hybridized carbons (Fsp3) is 0.474. The lowest BCUT2D eigenvalue weighted by atomic mass is 10.1. The summed E-state index contributed by atoms with van der Waals surface area (Å²) in [7, 11) is -2.10. The van der Waals surface area contributed by atoms with Crippen LogP contribution in [0.2, 0.25) is 0 Å². The molecule has 1 aliphatic heterocycles. The van der Waals surface area contributed by atoms with Crippen molar-refractivity contribution in [2.75, 3.05) is 25.1 Å². The minimum Gasteiger partial charge on any atom is -0.496 e. The Morgan fingerprint density at radius 1 is 1.11 bits per heavy atom. The molecular weight excluding hydrogens is 364 g/mol. The lowest BCUT2D eigenvalue weighted by Gasteiger charge is -2.27. The molecule has 0 atom stereocenters. The zero-order chi connectivity index (χ0) is 19.4. The summed E-state index contributed by atoms with van der Waals surface area (Å²) in [4.78, 5) is 11.2. The van der Waals surface area contributed by atoms with Gasteiger partial charge in [0.15, 0.2) is 0 Å². The molecule has 1 aromatic carbocycles. The van der Waals surface area contributed by atoms with Crippen LogP contribution in [-0.4, -0.2) is 38.6 Å². The summed E-state index contributed by atoms with van der Waals surface area (Å²) in [5.74, 6) is 1.99. The first kappa shape index (κ1) is 19.6. The Kier molecular flexibility index (Phi) is 5.96.